The van der Waals surface area contributed by atoms with E-state index in [1.54, 1.807) is 13.0 Å². The Balaban J connectivity index is 1.82. The van der Waals surface area contributed by atoms with Crippen molar-refractivity contribution in [2.24, 2.45) is 0 Å². The zero-order chi connectivity index (χ0) is 19.9. The van der Waals surface area contributed by atoms with Crippen LogP contribution in [-0.2, 0) is 11.3 Å². The zero-order valence-electron chi connectivity index (χ0n) is 16.1. The van der Waals surface area contributed by atoms with Gasteiger partial charge in [-0.3, -0.25) is 9.59 Å². The Kier molecular flexibility index (Phi) is 6.93. The first-order valence-corrected chi connectivity index (χ1v) is 10.1. The van der Waals surface area contributed by atoms with Crippen molar-refractivity contribution in [3.8, 4) is 0 Å². The Labute approximate surface area is 171 Å². The Bertz CT molecular complexity index is 818. The normalized spacial score (nSPS) is 15.0. The van der Waals surface area contributed by atoms with Crippen LogP contribution >= 0.6 is 11.6 Å². The summed E-state index contributed by atoms with van der Waals surface area (Å²) >= 11 is 5.85. The molecule has 2 amide bonds. The van der Waals surface area contributed by atoms with E-state index in [0.717, 1.165) is 37.2 Å². The number of nitrogens with zero attached hydrogens (tertiary/aromatic N) is 1. The van der Waals surface area contributed by atoms with Crippen LogP contribution in [0.25, 0.3) is 0 Å². The van der Waals surface area contributed by atoms with E-state index in [4.69, 9.17) is 11.6 Å². The highest BCUT2D eigenvalue weighted by Gasteiger charge is 2.20. The average Bonchev–Trinajstić information content (AvgIpc) is 2.73. The Morgan fingerprint density at radius 1 is 1.07 bits per heavy atom. The van der Waals surface area contributed by atoms with Crippen LogP contribution in [0.15, 0.2) is 48.5 Å². The smallest absolute Gasteiger partial charge is 0.253 e. The highest BCUT2D eigenvalue weighted by Crippen LogP contribution is 2.27. The molecule has 0 aliphatic carbocycles. The number of halogens is 1. The second-order valence-corrected chi connectivity index (χ2v) is 7.71. The number of nitrogens with one attached hydrogen (secondary N) is 2. The highest BCUT2D eigenvalue weighted by molar-refractivity contribution is 6.32. The zero-order valence-corrected chi connectivity index (χ0v) is 16.8. The number of alkyl halides is 1. The van der Waals surface area contributed by atoms with Gasteiger partial charge in [-0.25, -0.2) is 0 Å². The third-order valence-electron chi connectivity index (χ3n) is 4.86. The third-order valence-corrected chi connectivity index (χ3v) is 5.06. The minimum atomic E-state index is -0.642. The van der Waals surface area contributed by atoms with Gasteiger partial charge < -0.3 is 15.5 Å². The number of rotatable bonds is 6. The summed E-state index contributed by atoms with van der Waals surface area (Å²) in [6.07, 6.45) is 3.45. The first kappa shape index (κ1) is 20.2. The maximum atomic E-state index is 13.0. The molecule has 1 heterocycles. The van der Waals surface area contributed by atoms with E-state index in [-0.39, 0.29) is 11.8 Å². The van der Waals surface area contributed by atoms with Crippen LogP contribution in [0.1, 0.15) is 42.1 Å². The molecule has 1 aliphatic heterocycles. The highest BCUT2D eigenvalue weighted by atomic mass is 35.5. The van der Waals surface area contributed by atoms with E-state index in [2.05, 4.69) is 15.5 Å². The molecule has 3 rings (SSSR count). The third kappa shape index (κ3) is 5.26. The minimum Gasteiger partial charge on any atom is -0.371 e. The predicted molar refractivity (Wildman–Crippen MR) is 114 cm³/mol. The summed E-state index contributed by atoms with van der Waals surface area (Å²) in [6, 6.07) is 15.3. The fourth-order valence-corrected chi connectivity index (χ4v) is 3.38. The molecular formula is C22H26ClN3O2. The fourth-order valence-electron chi connectivity index (χ4n) is 3.32. The van der Waals surface area contributed by atoms with Crippen LogP contribution in [0.5, 0.6) is 0 Å². The number of hydrogen-bond donors (Lipinski definition) is 2. The standard InChI is InChI=1S/C22H26ClN3O2/c1-16(23)21(27)25-18-10-11-20(26-12-6-3-7-13-26)19(14-18)22(28)24-15-17-8-4-2-5-9-17/h2,4-5,8-11,14,16H,3,6-7,12-13,15H2,1H3,(H,24,28)(H,25,27). The molecule has 2 aromatic rings. The van der Waals surface area contributed by atoms with Gasteiger partial charge in [0.1, 0.15) is 5.38 Å². The van der Waals surface area contributed by atoms with Crippen molar-refractivity contribution < 1.29 is 9.59 Å². The first-order chi connectivity index (χ1) is 13.5. The van der Waals surface area contributed by atoms with Crippen molar-refractivity contribution in [2.75, 3.05) is 23.3 Å². The molecule has 2 aromatic carbocycles. The predicted octanol–water partition coefficient (Wildman–Crippen LogP) is 4.17. The summed E-state index contributed by atoms with van der Waals surface area (Å²) in [4.78, 5) is 27.2. The molecule has 0 spiro atoms. The molecule has 0 saturated carbocycles. The molecule has 0 radical (unpaired) electrons. The summed E-state index contributed by atoms with van der Waals surface area (Å²) in [5, 5.41) is 5.12. The van der Waals surface area contributed by atoms with Crippen molar-refractivity contribution in [3.63, 3.8) is 0 Å². The molecule has 28 heavy (non-hydrogen) atoms. The minimum absolute atomic E-state index is 0.153. The number of piperidine rings is 1. The number of carbonyl (C=O) groups is 2. The molecule has 1 saturated heterocycles. The van der Waals surface area contributed by atoms with Crippen molar-refractivity contribution >= 4 is 34.8 Å². The lowest BCUT2D eigenvalue weighted by atomic mass is 10.1. The molecule has 0 bridgehead atoms. The summed E-state index contributed by atoms with van der Waals surface area (Å²) in [7, 11) is 0. The second kappa shape index (κ2) is 9.60. The van der Waals surface area contributed by atoms with Crippen molar-refractivity contribution in [2.45, 2.75) is 38.1 Å². The lowest BCUT2D eigenvalue weighted by Gasteiger charge is -2.30. The molecule has 1 atom stereocenters. The molecule has 2 N–H and O–H groups in total. The fraction of sp³-hybridized carbons (Fsp3) is 0.364. The van der Waals surface area contributed by atoms with Crippen LogP contribution in [0.3, 0.4) is 0 Å². The van der Waals surface area contributed by atoms with E-state index in [1.165, 1.54) is 6.42 Å². The monoisotopic (exact) mass is 399 g/mol. The van der Waals surface area contributed by atoms with Gasteiger partial charge in [0.15, 0.2) is 0 Å². The number of benzene rings is 2. The summed E-state index contributed by atoms with van der Waals surface area (Å²) in [5.41, 5.74) is 3.08. The van der Waals surface area contributed by atoms with Gasteiger partial charge in [-0.15, -0.1) is 11.6 Å². The van der Waals surface area contributed by atoms with E-state index >= 15 is 0 Å². The van der Waals surface area contributed by atoms with Crippen molar-refractivity contribution in [1.29, 1.82) is 0 Å². The second-order valence-electron chi connectivity index (χ2n) is 7.05. The number of hydrogen-bond acceptors (Lipinski definition) is 3. The van der Waals surface area contributed by atoms with Crippen LogP contribution < -0.4 is 15.5 Å². The lowest BCUT2D eigenvalue weighted by molar-refractivity contribution is -0.115. The Morgan fingerprint density at radius 3 is 2.46 bits per heavy atom. The molecule has 0 aromatic heterocycles. The number of anilines is 2. The van der Waals surface area contributed by atoms with Gasteiger partial charge in [-0.05, 0) is 49.9 Å². The molecule has 1 unspecified atom stereocenters. The van der Waals surface area contributed by atoms with Gasteiger partial charge in [0.2, 0.25) is 5.91 Å². The average molecular weight is 400 g/mol. The van der Waals surface area contributed by atoms with E-state index in [0.29, 0.717) is 17.8 Å². The summed E-state index contributed by atoms with van der Waals surface area (Å²) in [6.45, 7) is 3.94. The molecule has 1 aliphatic rings. The molecule has 5 nitrogen and oxygen atoms in total. The largest absolute Gasteiger partial charge is 0.371 e. The van der Waals surface area contributed by atoms with E-state index < -0.39 is 5.38 Å². The van der Waals surface area contributed by atoms with Gasteiger partial charge >= 0.3 is 0 Å². The molecule has 148 valence electrons. The van der Waals surface area contributed by atoms with Gasteiger partial charge in [0.25, 0.3) is 5.91 Å². The van der Waals surface area contributed by atoms with Crippen LogP contribution in [-0.4, -0.2) is 30.3 Å². The summed E-state index contributed by atoms with van der Waals surface area (Å²) in [5.74, 6) is -0.442. The maximum Gasteiger partial charge on any atom is 0.253 e. The first-order valence-electron chi connectivity index (χ1n) is 9.70. The Hall–Kier alpha value is -2.53. The molecule has 1 fully saturated rings. The van der Waals surface area contributed by atoms with Crippen molar-refractivity contribution in [1.82, 2.24) is 5.32 Å². The summed E-state index contributed by atoms with van der Waals surface area (Å²) < 4.78 is 0. The SMILES string of the molecule is CC(Cl)C(=O)Nc1ccc(N2CCCCC2)c(C(=O)NCc2ccccc2)c1. The van der Waals surface area contributed by atoms with Gasteiger partial charge in [0.05, 0.1) is 5.56 Å². The van der Waals surface area contributed by atoms with E-state index in [1.807, 2.05) is 42.5 Å². The molecule has 6 heteroatoms. The van der Waals surface area contributed by atoms with E-state index in [9.17, 15) is 9.59 Å². The van der Waals surface area contributed by atoms with Crippen LogP contribution in [0, 0.1) is 0 Å². The molecular weight excluding hydrogens is 374 g/mol. The number of amides is 2. The van der Waals surface area contributed by atoms with Crippen molar-refractivity contribution in [3.05, 3.63) is 59.7 Å². The van der Waals surface area contributed by atoms with Gasteiger partial charge in [0, 0.05) is 31.0 Å². The van der Waals surface area contributed by atoms with Gasteiger partial charge in [-0.1, -0.05) is 30.3 Å². The van der Waals surface area contributed by atoms with Crippen LogP contribution in [0.2, 0.25) is 0 Å². The lowest BCUT2D eigenvalue weighted by Crippen LogP contribution is -2.33. The van der Waals surface area contributed by atoms with Gasteiger partial charge in [-0.2, -0.15) is 0 Å². The topological polar surface area (TPSA) is 61.4 Å². The Morgan fingerprint density at radius 2 is 1.79 bits per heavy atom. The number of carbonyl (C=O) groups excluding carboxylic acids is 2. The maximum absolute atomic E-state index is 13.0. The van der Waals surface area contributed by atoms with Crippen LogP contribution in [0.4, 0.5) is 11.4 Å². The quantitative estimate of drug-likeness (QED) is 0.716.